The van der Waals surface area contributed by atoms with Crippen molar-refractivity contribution in [3.8, 4) is 16.6 Å². The second-order valence-electron chi connectivity index (χ2n) is 4.43. The number of aromatic nitrogens is 3. The average Bonchev–Trinajstić information content (AvgIpc) is 2.89. The summed E-state index contributed by atoms with van der Waals surface area (Å²) in [5.74, 6) is -0.489. The van der Waals surface area contributed by atoms with Crippen LogP contribution in [0.4, 0.5) is 0 Å². The van der Waals surface area contributed by atoms with Crippen LogP contribution in [-0.2, 0) is 10.2 Å². The largest absolute Gasteiger partial charge is 0.481 e. The number of thiazole rings is 1. The maximum Gasteiger partial charge on any atom is 0.315 e. The maximum atomic E-state index is 11.2. The van der Waals surface area contributed by atoms with Crippen LogP contribution in [0.15, 0.2) is 17.5 Å². The van der Waals surface area contributed by atoms with Crippen molar-refractivity contribution in [1.29, 1.82) is 0 Å². The van der Waals surface area contributed by atoms with Gasteiger partial charge in [0.15, 0.2) is 0 Å². The van der Waals surface area contributed by atoms with E-state index in [2.05, 4.69) is 15.2 Å². The smallest absolute Gasteiger partial charge is 0.315 e. The van der Waals surface area contributed by atoms with Crippen molar-refractivity contribution >= 4 is 17.3 Å². The van der Waals surface area contributed by atoms with Crippen LogP contribution in [0.1, 0.15) is 19.5 Å². The number of methoxy groups -OCH3 is 1. The third kappa shape index (κ3) is 2.55. The molecule has 0 aliphatic carbocycles. The number of hydrogen-bond donors (Lipinski definition) is 1. The predicted molar refractivity (Wildman–Crippen MR) is 70.4 cm³/mol. The van der Waals surface area contributed by atoms with Crippen molar-refractivity contribution in [3.63, 3.8) is 0 Å². The van der Waals surface area contributed by atoms with E-state index in [0.29, 0.717) is 22.3 Å². The van der Waals surface area contributed by atoms with Crippen molar-refractivity contribution in [1.82, 2.24) is 15.2 Å². The van der Waals surface area contributed by atoms with Crippen molar-refractivity contribution in [2.75, 3.05) is 7.11 Å². The summed E-state index contributed by atoms with van der Waals surface area (Å²) in [5, 5.41) is 19.4. The molecule has 0 bridgehead atoms. The van der Waals surface area contributed by atoms with E-state index >= 15 is 0 Å². The Hall–Kier alpha value is -2.02. The van der Waals surface area contributed by atoms with Crippen LogP contribution in [0, 0.1) is 0 Å². The lowest BCUT2D eigenvalue weighted by molar-refractivity contribution is -0.142. The minimum absolute atomic E-state index is 0.423. The third-order valence-corrected chi connectivity index (χ3v) is 3.61. The van der Waals surface area contributed by atoms with Crippen LogP contribution in [0.2, 0.25) is 0 Å². The Morgan fingerprint density at radius 1 is 1.37 bits per heavy atom. The van der Waals surface area contributed by atoms with Gasteiger partial charge in [0.2, 0.25) is 5.88 Å². The van der Waals surface area contributed by atoms with Gasteiger partial charge in [0, 0.05) is 11.4 Å². The van der Waals surface area contributed by atoms with E-state index in [1.165, 1.54) is 18.4 Å². The lowest BCUT2D eigenvalue weighted by Crippen LogP contribution is -2.28. The Labute approximate surface area is 114 Å². The zero-order chi connectivity index (χ0) is 14.0. The molecule has 6 nitrogen and oxygen atoms in total. The van der Waals surface area contributed by atoms with Gasteiger partial charge in [-0.2, -0.15) is 0 Å². The zero-order valence-electron chi connectivity index (χ0n) is 10.7. The van der Waals surface area contributed by atoms with Gasteiger partial charge in [-0.1, -0.05) is 0 Å². The fourth-order valence-electron chi connectivity index (χ4n) is 1.33. The number of carbonyl (C=O) groups is 1. The van der Waals surface area contributed by atoms with E-state index < -0.39 is 11.4 Å². The second kappa shape index (κ2) is 4.93. The van der Waals surface area contributed by atoms with E-state index in [9.17, 15) is 4.79 Å². The highest BCUT2D eigenvalue weighted by molar-refractivity contribution is 7.13. The monoisotopic (exact) mass is 279 g/mol. The van der Waals surface area contributed by atoms with Gasteiger partial charge >= 0.3 is 5.97 Å². The first-order valence-corrected chi connectivity index (χ1v) is 6.40. The molecule has 0 aliphatic rings. The third-order valence-electron chi connectivity index (χ3n) is 2.75. The summed E-state index contributed by atoms with van der Waals surface area (Å²) < 4.78 is 4.93. The summed E-state index contributed by atoms with van der Waals surface area (Å²) in [6, 6.07) is 3.42. The number of carboxylic acid groups (broad SMARTS) is 1. The summed E-state index contributed by atoms with van der Waals surface area (Å²) >= 11 is 1.34. The molecular weight excluding hydrogens is 266 g/mol. The van der Waals surface area contributed by atoms with E-state index in [1.54, 1.807) is 31.4 Å². The Kier molecular flexibility index (Phi) is 3.48. The minimum atomic E-state index is -1.02. The Morgan fingerprint density at radius 2 is 2.11 bits per heavy atom. The minimum Gasteiger partial charge on any atom is -0.481 e. The van der Waals surface area contributed by atoms with Crippen molar-refractivity contribution in [3.05, 3.63) is 23.2 Å². The molecule has 0 spiro atoms. The SMILES string of the molecule is COc1ccc(-c2nc(C(C)(C)C(=O)O)cs2)nn1. The number of rotatable bonds is 4. The number of aliphatic carboxylic acids is 1. The Bertz CT molecular complexity index is 593. The van der Waals surface area contributed by atoms with Crippen LogP contribution in [0.5, 0.6) is 5.88 Å². The molecule has 0 amide bonds. The van der Waals surface area contributed by atoms with Gasteiger partial charge in [-0.15, -0.1) is 21.5 Å². The van der Waals surface area contributed by atoms with Gasteiger partial charge < -0.3 is 9.84 Å². The van der Waals surface area contributed by atoms with E-state index in [4.69, 9.17) is 9.84 Å². The first-order chi connectivity index (χ1) is 8.95. The first-order valence-electron chi connectivity index (χ1n) is 5.52. The zero-order valence-corrected chi connectivity index (χ0v) is 11.6. The molecule has 2 aromatic rings. The molecule has 1 N–H and O–H groups in total. The summed E-state index contributed by atoms with van der Waals surface area (Å²) in [7, 11) is 1.51. The molecule has 0 aromatic carbocycles. The second-order valence-corrected chi connectivity index (χ2v) is 5.29. The molecular formula is C12H13N3O3S. The molecule has 7 heteroatoms. The van der Waals surface area contributed by atoms with Gasteiger partial charge in [-0.25, -0.2) is 4.98 Å². The molecule has 0 saturated heterocycles. The molecule has 0 radical (unpaired) electrons. The Balaban J connectivity index is 2.32. The molecule has 0 fully saturated rings. The summed E-state index contributed by atoms with van der Waals surface area (Å²) in [6.07, 6.45) is 0. The summed E-state index contributed by atoms with van der Waals surface area (Å²) in [5.41, 5.74) is 0.0881. The van der Waals surface area contributed by atoms with Crippen molar-refractivity contribution in [2.24, 2.45) is 0 Å². The highest BCUT2D eigenvalue weighted by Crippen LogP contribution is 2.29. The summed E-state index contributed by atoms with van der Waals surface area (Å²) in [6.45, 7) is 3.24. The van der Waals surface area contributed by atoms with Crippen molar-refractivity contribution in [2.45, 2.75) is 19.3 Å². The van der Waals surface area contributed by atoms with Crippen LogP contribution in [-0.4, -0.2) is 33.4 Å². The normalized spacial score (nSPS) is 11.3. The lowest BCUT2D eigenvalue weighted by Gasteiger charge is -2.15. The van der Waals surface area contributed by atoms with Crippen LogP contribution in [0.25, 0.3) is 10.7 Å². The molecule has 19 heavy (non-hydrogen) atoms. The quantitative estimate of drug-likeness (QED) is 0.921. The number of nitrogens with zero attached hydrogens (tertiary/aromatic N) is 3. The lowest BCUT2D eigenvalue weighted by atomic mass is 9.90. The fraction of sp³-hybridized carbons (Fsp3) is 0.333. The highest BCUT2D eigenvalue weighted by Gasteiger charge is 2.32. The van der Waals surface area contributed by atoms with Crippen LogP contribution in [0.3, 0.4) is 0 Å². The highest BCUT2D eigenvalue weighted by atomic mass is 32.1. The molecule has 0 unspecified atom stereocenters. The maximum absolute atomic E-state index is 11.2. The average molecular weight is 279 g/mol. The molecule has 0 aliphatic heterocycles. The van der Waals surface area contributed by atoms with Crippen molar-refractivity contribution < 1.29 is 14.6 Å². The van der Waals surface area contributed by atoms with Gasteiger partial charge in [0.1, 0.15) is 16.1 Å². The summed E-state index contributed by atoms with van der Waals surface area (Å²) in [4.78, 5) is 15.5. The number of hydrogen-bond acceptors (Lipinski definition) is 6. The fourth-order valence-corrected chi connectivity index (χ4v) is 2.28. The van der Waals surface area contributed by atoms with Gasteiger partial charge in [-0.3, -0.25) is 4.79 Å². The van der Waals surface area contributed by atoms with Gasteiger partial charge in [0.25, 0.3) is 0 Å². The molecule has 100 valence electrons. The topological polar surface area (TPSA) is 85.2 Å². The van der Waals surface area contributed by atoms with E-state index in [1.807, 2.05) is 0 Å². The predicted octanol–water partition coefficient (Wildman–Crippen LogP) is 1.97. The van der Waals surface area contributed by atoms with Gasteiger partial charge in [0.05, 0.1) is 12.8 Å². The first kappa shape index (κ1) is 13.4. The molecule has 0 saturated carbocycles. The van der Waals surface area contributed by atoms with E-state index in [0.717, 1.165) is 0 Å². The number of carboxylic acids is 1. The standard InChI is InChI=1S/C12H13N3O3S/c1-12(2,11(16)17)8-6-19-10(13-8)7-4-5-9(18-3)15-14-7/h4-6H,1-3H3,(H,16,17). The Morgan fingerprint density at radius 3 is 2.63 bits per heavy atom. The van der Waals surface area contributed by atoms with Crippen LogP contribution >= 0.6 is 11.3 Å². The van der Waals surface area contributed by atoms with Gasteiger partial charge in [-0.05, 0) is 19.9 Å². The molecule has 2 rings (SSSR count). The van der Waals surface area contributed by atoms with E-state index in [-0.39, 0.29) is 0 Å². The number of ether oxygens (including phenoxy) is 1. The van der Waals surface area contributed by atoms with Crippen LogP contribution < -0.4 is 4.74 Å². The molecule has 0 atom stereocenters. The molecule has 2 heterocycles. The molecule has 2 aromatic heterocycles.